The summed E-state index contributed by atoms with van der Waals surface area (Å²) in [6, 6.07) is 5.88. The Bertz CT molecular complexity index is 842. The molecule has 0 bridgehead atoms. The van der Waals surface area contributed by atoms with Crippen LogP contribution in [0.1, 0.15) is 18.9 Å². The molecule has 6 nitrogen and oxygen atoms in total. The molecule has 0 spiro atoms. The summed E-state index contributed by atoms with van der Waals surface area (Å²) in [4.78, 5) is 0. The number of sulfonamides is 1. The molecule has 2 rings (SSSR count). The van der Waals surface area contributed by atoms with E-state index in [1.54, 1.807) is 6.92 Å². The molecule has 0 unspecified atom stereocenters. The van der Waals surface area contributed by atoms with Crippen molar-refractivity contribution in [3.05, 3.63) is 40.9 Å². The zero-order valence-electron chi connectivity index (χ0n) is 12.9. The molecule has 11 heteroatoms. The summed E-state index contributed by atoms with van der Waals surface area (Å²) in [5.41, 5.74) is -1.19. The van der Waals surface area contributed by atoms with E-state index in [0.717, 1.165) is 6.07 Å². The molecule has 0 radical (unpaired) electrons. The lowest BCUT2D eigenvalue weighted by Crippen LogP contribution is -2.17. The summed E-state index contributed by atoms with van der Waals surface area (Å²) in [6.45, 7) is 1.71. The highest BCUT2D eigenvalue weighted by Gasteiger charge is 2.34. The predicted octanol–water partition coefficient (Wildman–Crippen LogP) is 4.04. The number of rotatable bonds is 6. The summed E-state index contributed by atoms with van der Waals surface area (Å²) >= 11 is 5.61. The number of nitrogens with zero attached hydrogens (tertiary/aromatic N) is 2. The molecule has 1 aromatic heterocycles. The zero-order valence-corrected chi connectivity index (χ0v) is 14.5. The molecule has 0 aliphatic heterocycles. The SMILES string of the molecule is CCCS(=O)(=O)Nc1ccc(Nc2ccc(Cl)cc2C(F)(F)F)nn1. The topological polar surface area (TPSA) is 84.0 Å². The lowest BCUT2D eigenvalue weighted by Gasteiger charge is -2.14. The molecule has 0 atom stereocenters. The Labute approximate surface area is 147 Å². The second kappa shape index (κ2) is 7.44. The second-order valence-corrected chi connectivity index (χ2v) is 7.32. The summed E-state index contributed by atoms with van der Waals surface area (Å²) in [6.07, 6.45) is -4.17. The van der Waals surface area contributed by atoms with Crippen LogP contribution in [0.3, 0.4) is 0 Å². The Morgan fingerprint density at radius 1 is 1.12 bits per heavy atom. The number of nitrogens with one attached hydrogen (secondary N) is 2. The molecule has 0 saturated carbocycles. The Morgan fingerprint density at radius 2 is 1.76 bits per heavy atom. The van der Waals surface area contributed by atoms with E-state index in [0.29, 0.717) is 6.42 Å². The van der Waals surface area contributed by atoms with Crippen LogP contribution in [-0.4, -0.2) is 24.4 Å². The van der Waals surface area contributed by atoms with Gasteiger partial charge in [0.15, 0.2) is 11.6 Å². The highest BCUT2D eigenvalue weighted by atomic mass is 35.5. The van der Waals surface area contributed by atoms with Crippen LogP contribution in [0.4, 0.5) is 30.5 Å². The van der Waals surface area contributed by atoms with Gasteiger partial charge in [-0.1, -0.05) is 18.5 Å². The minimum Gasteiger partial charge on any atom is -0.338 e. The molecule has 0 saturated heterocycles. The van der Waals surface area contributed by atoms with Crippen LogP contribution in [0.5, 0.6) is 0 Å². The first kappa shape index (κ1) is 19.3. The molecule has 0 amide bonds. The number of hydrogen-bond acceptors (Lipinski definition) is 5. The molecule has 0 aliphatic carbocycles. The Morgan fingerprint density at radius 3 is 2.32 bits per heavy atom. The standard InChI is InChI=1S/C14H14ClF3N4O2S/c1-2-7-25(23,24)22-13-6-5-12(20-21-13)19-11-4-3-9(15)8-10(11)14(16,17)18/h3-6,8H,2,7H2,1H3,(H,19,20)(H,21,22). The third-order valence-corrected chi connectivity index (χ3v) is 4.65. The van der Waals surface area contributed by atoms with E-state index in [2.05, 4.69) is 20.2 Å². The van der Waals surface area contributed by atoms with Gasteiger partial charge in [0.1, 0.15) is 0 Å². The zero-order chi connectivity index (χ0) is 18.7. The third kappa shape index (κ3) is 5.46. The minimum absolute atomic E-state index is 0.0197. The van der Waals surface area contributed by atoms with Gasteiger partial charge in [-0.2, -0.15) is 13.2 Å². The molecule has 2 aromatic rings. The Balaban J connectivity index is 2.20. The summed E-state index contributed by atoms with van der Waals surface area (Å²) < 4.78 is 64.6. The van der Waals surface area contributed by atoms with Crippen molar-refractivity contribution in [2.75, 3.05) is 15.8 Å². The van der Waals surface area contributed by atoms with Crippen molar-refractivity contribution in [3.63, 3.8) is 0 Å². The molecular formula is C14H14ClF3N4O2S. The number of aromatic nitrogens is 2. The van der Waals surface area contributed by atoms with Crippen molar-refractivity contribution in [2.45, 2.75) is 19.5 Å². The van der Waals surface area contributed by atoms with Gasteiger partial charge in [-0.3, -0.25) is 4.72 Å². The fourth-order valence-corrected chi connectivity index (χ4v) is 3.17. The number of alkyl halides is 3. The monoisotopic (exact) mass is 394 g/mol. The number of halogens is 4. The highest BCUT2D eigenvalue weighted by molar-refractivity contribution is 7.92. The normalized spacial score (nSPS) is 12.0. The van der Waals surface area contributed by atoms with Crippen molar-refractivity contribution in [1.82, 2.24) is 10.2 Å². The molecule has 1 heterocycles. The summed E-state index contributed by atoms with van der Waals surface area (Å²) in [5.74, 6) is -0.0774. The number of benzene rings is 1. The van der Waals surface area contributed by atoms with Crippen LogP contribution >= 0.6 is 11.6 Å². The van der Waals surface area contributed by atoms with E-state index in [4.69, 9.17) is 11.6 Å². The lowest BCUT2D eigenvalue weighted by atomic mass is 10.1. The van der Waals surface area contributed by atoms with E-state index in [9.17, 15) is 21.6 Å². The quantitative estimate of drug-likeness (QED) is 0.772. The molecule has 25 heavy (non-hydrogen) atoms. The predicted molar refractivity (Wildman–Crippen MR) is 89.5 cm³/mol. The van der Waals surface area contributed by atoms with E-state index in [1.165, 1.54) is 24.3 Å². The first-order chi connectivity index (χ1) is 11.6. The molecule has 2 N–H and O–H groups in total. The van der Waals surface area contributed by atoms with Gasteiger partial charge in [0, 0.05) is 5.02 Å². The number of hydrogen-bond donors (Lipinski definition) is 2. The van der Waals surface area contributed by atoms with Gasteiger partial charge in [-0.25, -0.2) is 8.42 Å². The van der Waals surface area contributed by atoms with Gasteiger partial charge >= 0.3 is 6.18 Å². The maximum absolute atomic E-state index is 13.0. The summed E-state index contributed by atoms with van der Waals surface area (Å²) in [5, 5.41) is 9.76. The van der Waals surface area contributed by atoms with Crippen molar-refractivity contribution < 1.29 is 21.6 Å². The van der Waals surface area contributed by atoms with E-state index in [-0.39, 0.29) is 28.1 Å². The molecule has 0 aliphatic rings. The van der Waals surface area contributed by atoms with Crippen LogP contribution in [0.15, 0.2) is 30.3 Å². The average Bonchev–Trinajstić information content (AvgIpc) is 2.49. The number of anilines is 3. The first-order valence-electron chi connectivity index (χ1n) is 7.09. The summed E-state index contributed by atoms with van der Waals surface area (Å²) in [7, 11) is -3.52. The van der Waals surface area contributed by atoms with Crippen LogP contribution < -0.4 is 10.0 Å². The van der Waals surface area contributed by atoms with E-state index < -0.39 is 21.8 Å². The van der Waals surface area contributed by atoms with Gasteiger partial charge in [0.2, 0.25) is 10.0 Å². The second-order valence-electron chi connectivity index (χ2n) is 5.04. The Kier molecular flexibility index (Phi) is 5.73. The average molecular weight is 395 g/mol. The van der Waals surface area contributed by atoms with Crippen LogP contribution in [0.2, 0.25) is 5.02 Å². The minimum atomic E-state index is -4.60. The lowest BCUT2D eigenvalue weighted by molar-refractivity contribution is -0.136. The third-order valence-electron chi connectivity index (χ3n) is 2.95. The maximum Gasteiger partial charge on any atom is 0.418 e. The fraction of sp³-hybridized carbons (Fsp3) is 0.286. The molecule has 136 valence electrons. The van der Waals surface area contributed by atoms with Crippen molar-refractivity contribution in [2.24, 2.45) is 0 Å². The van der Waals surface area contributed by atoms with Crippen LogP contribution in [0.25, 0.3) is 0 Å². The van der Waals surface area contributed by atoms with Crippen LogP contribution in [0, 0.1) is 0 Å². The molecule has 1 aromatic carbocycles. The smallest absolute Gasteiger partial charge is 0.338 e. The van der Waals surface area contributed by atoms with Crippen molar-refractivity contribution in [3.8, 4) is 0 Å². The molecular weight excluding hydrogens is 381 g/mol. The fourth-order valence-electron chi connectivity index (χ4n) is 1.93. The largest absolute Gasteiger partial charge is 0.418 e. The Hall–Kier alpha value is -2.07. The van der Waals surface area contributed by atoms with Gasteiger partial charge < -0.3 is 5.32 Å². The molecule has 0 fully saturated rings. The highest BCUT2D eigenvalue weighted by Crippen LogP contribution is 2.37. The van der Waals surface area contributed by atoms with Gasteiger partial charge in [-0.15, -0.1) is 10.2 Å². The first-order valence-corrected chi connectivity index (χ1v) is 9.12. The van der Waals surface area contributed by atoms with E-state index >= 15 is 0 Å². The van der Waals surface area contributed by atoms with Gasteiger partial charge in [-0.05, 0) is 36.8 Å². The van der Waals surface area contributed by atoms with Crippen molar-refractivity contribution >= 4 is 38.9 Å². The van der Waals surface area contributed by atoms with Crippen LogP contribution in [-0.2, 0) is 16.2 Å². The van der Waals surface area contributed by atoms with Gasteiger partial charge in [0.05, 0.1) is 17.0 Å². The van der Waals surface area contributed by atoms with Crippen molar-refractivity contribution in [1.29, 1.82) is 0 Å². The maximum atomic E-state index is 13.0. The van der Waals surface area contributed by atoms with E-state index in [1.807, 2.05) is 0 Å². The van der Waals surface area contributed by atoms with Gasteiger partial charge in [0.25, 0.3) is 0 Å².